The van der Waals surface area contributed by atoms with Gasteiger partial charge in [0.05, 0.1) is 18.4 Å². The van der Waals surface area contributed by atoms with Crippen LogP contribution in [0.4, 0.5) is 21.8 Å². The van der Waals surface area contributed by atoms with Crippen LogP contribution in [-0.2, 0) is 0 Å². The largest absolute Gasteiger partial charge is 0.363 e. The number of anilines is 3. The first-order valence-electron chi connectivity index (χ1n) is 10.3. The van der Waals surface area contributed by atoms with Crippen molar-refractivity contribution in [3.63, 3.8) is 0 Å². The molecule has 3 aromatic heterocycles. The Kier molecular flexibility index (Phi) is 5.03. The first-order valence-corrected chi connectivity index (χ1v) is 10.3. The molecule has 1 saturated carbocycles. The first kappa shape index (κ1) is 19.2. The lowest BCUT2D eigenvalue weighted by Gasteiger charge is -2.17. The molecule has 7 nitrogen and oxygen atoms in total. The number of nitrogens with one attached hydrogen (secondary N) is 2. The molecule has 1 aromatic carbocycles. The first-order chi connectivity index (χ1) is 15.1. The molecule has 0 aliphatic heterocycles. The van der Waals surface area contributed by atoms with Gasteiger partial charge in [-0.1, -0.05) is 12.1 Å². The van der Waals surface area contributed by atoms with E-state index in [1.165, 1.54) is 25.0 Å². The minimum atomic E-state index is -0.251. The van der Waals surface area contributed by atoms with Gasteiger partial charge in [-0.25, -0.2) is 14.4 Å². The third kappa shape index (κ3) is 4.53. The summed E-state index contributed by atoms with van der Waals surface area (Å²) in [6.07, 6.45) is 11.2. The fourth-order valence-electron chi connectivity index (χ4n) is 3.41. The topological polar surface area (TPSA) is 80.5 Å². The van der Waals surface area contributed by atoms with E-state index in [4.69, 9.17) is 4.98 Å². The molecule has 4 aromatic rings. The van der Waals surface area contributed by atoms with Crippen LogP contribution >= 0.6 is 0 Å². The van der Waals surface area contributed by atoms with Gasteiger partial charge in [0, 0.05) is 30.2 Å². The van der Waals surface area contributed by atoms with Gasteiger partial charge in [0.15, 0.2) is 0 Å². The molecule has 3 heterocycles. The van der Waals surface area contributed by atoms with Gasteiger partial charge >= 0.3 is 0 Å². The Balaban J connectivity index is 1.46. The fourth-order valence-corrected chi connectivity index (χ4v) is 3.41. The molecule has 5 rings (SSSR count). The summed E-state index contributed by atoms with van der Waals surface area (Å²) in [5, 5.41) is 11.1. The summed E-state index contributed by atoms with van der Waals surface area (Å²) in [5.41, 5.74) is 2.98. The number of halogens is 1. The van der Waals surface area contributed by atoms with Crippen molar-refractivity contribution in [3.8, 4) is 11.1 Å². The van der Waals surface area contributed by atoms with E-state index in [2.05, 4.69) is 31.9 Å². The lowest BCUT2D eigenvalue weighted by molar-refractivity contribution is 0.626. The molecule has 1 aliphatic carbocycles. The Bertz CT molecular complexity index is 1170. The minimum Gasteiger partial charge on any atom is -0.363 e. The van der Waals surface area contributed by atoms with E-state index in [1.54, 1.807) is 30.7 Å². The highest BCUT2D eigenvalue weighted by atomic mass is 19.1. The number of hydrogen-bond acceptors (Lipinski definition) is 6. The van der Waals surface area contributed by atoms with Crippen LogP contribution in [0.5, 0.6) is 0 Å². The number of rotatable bonds is 7. The average molecular weight is 415 g/mol. The molecule has 156 valence electrons. The number of benzene rings is 1. The van der Waals surface area contributed by atoms with Crippen LogP contribution in [-0.4, -0.2) is 24.7 Å². The van der Waals surface area contributed by atoms with Gasteiger partial charge in [0.1, 0.15) is 23.3 Å². The molecule has 0 spiro atoms. The van der Waals surface area contributed by atoms with Crippen molar-refractivity contribution in [3.05, 3.63) is 78.8 Å². The minimum absolute atomic E-state index is 0.0538. The highest BCUT2D eigenvalue weighted by Crippen LogP contribution is 2.36. The molecule has 0 saturated heterocycles. The van der Waals surface area contributed by atoms with Crippen LogP contribution in [0.3, 0.4) is 0 Å². The van der Waals surface area contributed by atoms with Crippen LogP contribution in [0.2, 0.25) is 0 Å². The maximum Gasteiger partial charge on any atom is 0.150 e. The SMILES string of the molecule is C[C@H](Nc1cc(-c2cnn(C3CC3)c2)cc(Nc2cnccn2)n1)c1ccc(F)cc1. The van der Waals surface area contributed by atoms with Crippen molar-refractivity contribution in [1.82, 2.24) is 24.7 Å². The van der Waals surface area contributed by atoms with Crippen molar-refractivity contribution in [1.29, 1.82) is 0 Å². The summed E-state index contributed by atoms with van der Waals surface area (Å²) in [7, 11) is 0. The van der Waals surface area contributed by atoms with E-state index in [0.29, 0.717) is 23.5 Å². The van der Waals surface area contributed by atoms with Crippen molar-refractivity contribution in [2.75, 3.05) is 10.6 Å². The molecular weight excluding hydrogens is 393 g/mol. The Morgan fingerprint density at radius 2 is 1.81 bits per heavy atom. The number of aromatic nitrogens is 5. The maximum atomic E-state index is 13.3. The molecule has 31 heavy (non-hydrogen) atoms. The van der Waals surface area contributed by atoms with Crippen LogP contribution in [0.25, 0.3) is 11.1 Å². The highest BCUT2D eigenvalue weighted by Gasteiger charge is 2.24. The van der Waals surface area contributed by atoms with Crippen LogP contribution in [0.15, 0.2) is 67.4 Å². The van der Waals surface area contributed by atoms with Crippen LogP contribution < -0.4 is 10.6 Å². The fraction of sp³-hybridized carbons (Fsp3) is 0.217. The number of pyridine rings is 1. The molecule has 8 heteroatoms. The van der Waals surface area contributed by atoms with E-state index in [1.807, 2.05) is 29.9 Å². The average Bonchev–Trinajstić information content (AvgIpc) is 3.51. The normalized spacial score (nSPS) is 14.3. The van der Waals surface area contributed by atoms with Gasteiger partial charge in [-0.15, -0.1) is 0 Å². The summed E-state index contributed by atoms with van der Waals surface area (Å²) < 4.78 is 15.3. The second-order valence-electron chi connectivity index (χ2n) is 7.70. The standard InChI is InChI=1S/C23H22FN7/c1-15(16-2-4-19(24)5-3-16)28-21-10-17(18-12-27-31(14-18)20-6-7-20)11-22(29-21)30-23-13-25-8-9-26-23/h2-5,8-15,20H,6-7H2,1H3,(H2,26,28,29,30)/t15-/m0/s1. The second-order valence-corrected chi connectivity index (χ2v) is 7.70. The van der Waals surface area contributed by atoms with Gasteiger partial charge in [-0.2, -0.15) is 5.10 Å². The van der Waals surface area contributed by atoms with Crippen molar-refractivity contribution in [2.45, 2.75) is 31.8 Å². The Morgan fingerprint density at radius 3 is 2.55 bits per heavy atom. The van der Waals surface area contributed by atoms with Crippen LogP contribution in [0, 0.1) is 5.82 Å². The molecular formula is C23H22FN7. The van der Waals surface area contributed by atoms with Gasteiger partial charge in [-0.3, -0.25) is 9.67 Å². The third-order valence-corrected chi connectivity index (χ3v) is 5.23. The maximum absolute atomic E-state index is 13.3. The third-order valence-electron chi connectivity index (χ3n) is 5.23. The summed E-state index contributed by atoms with van der Waals surface area (Å²) in [6, 6.07) is 10.9. The van der Waals surface area contributed by atoms with Gasteiger partial charge in [-0.05, 0) is 55.2 Å². The predicted octanol–water partition coefficient (Wildman–Crippen LogP) is 5.13. The van der Waals surface area contributed by atoms with E-state index in [9.17, 15) is 4.39 Å². The number of hydrogen-bond donors (Lipinski definition) is 2. The zero-order valence-corrected chi connectivity index (χ0v) is 17.0. The van der Waals surface area contributed by atoms with E-state index >= 15 is 0 Å². The Labute approximate surface area is 179 Å². The molecule has 0 unspecified atom stereocenters. The lowest BCUT2D eigenvalue weighted by atomic mass is 10.1. The van der Waals surface area contributed by atoms with Crippen molar-refractivity contribution >= 4 is 17.5 Å². The molecule has 0 amide bonds. The summed E-state index contributed by atoms with van der Waals surface area (Å²) >= 11 is 0. The zero-order chi connectivity index (χ0) is 21.2. The molecule has 0 bridgehead atoms. The summed E-state index contributed by atoms with van der Waals surface area (Å²) in [6.45, 7) is 2.02. The van der Waals surface area contributed by atoms with E-state index < -0.39 is 0 Å². The zero-order valence-electron chi connectivity index (χ0n) is 17.0. The molecule has 0 radical (unpaired) electrons. The van der Waals surface area contributed by atoms with E-state index in [0.717, 1.165) is 16.7 Å². The Hall–Kier alpha value is -3.81. The molecule has 1 fully saturated rings. The smallest absolute Gasteiger partial charge is 0.150 e. The van der Waals surface area contributed by atoms with Gasteiger partial charge < -0.3 is 10.6 Å². The Morgan fingerprint density at radius 1 is 1.00 bits per heavy atom. The molecule has 1 aliphatic rings. The van der Waals surface area contributed by atoms with E-state index in [-0.39, 0.29) is 11.9 Å². The molecule has 1 atom stereocenters. The van der Waals surface area contributed by atoms with Gasteiger partial charge in [0.2, 0.25) is 0 Å². The predicted molar refractivity (Wildman–Crippen MR) is 117 cm³/mol. The van der Waals surface area contributed by atoms with Crippen molar-refractivity contribution < 1.29 is 4.39 Å². The summed E-state index contributed by atoms with van der Waals surface area (Å²) in [4.78, 5) is 13.1. The quantitative estimate of drug-likeness (QED) is 0.436. The van der Waals surface area contributed by atoms with Crippen LogP contribution in [0.1, 0.15) is 37.4 Å². The number of nitrogens with zero attached hydrogens (tertiary/aromatic N) is 5. The molecule has 2 N–H and O–H groups in total. The van der Waals surface area contributed by atoms with Crippen molar-refractivity contribution in [2.24, 2.45) is 0 Å². The van der Waals surface area contributed by atoms with Gasteiger partial charge in [0.25, 0.3) is 0 Å². The monoisotopic (exact) mass is 415 g/mol. The highest BCUT2D eigenvalue weighted by molar-refractivity contribution is 5.71. The second kappa shape index (κ2) is 8.14. The lowest BCUT2D eigenvalue weighted by Crippen LogP contribution is -2.09. The summed E-state index contributed by atoms with van der Waals surface area (Å²) in [5.74, 6) is 1.70.